The molecule has 5 rings (SSSR count). The molecule has 130 valence electrons. The second-order valence-corrected chi connectivity index (χ2v) is 6.50. The topological polar surface area (TPSA) is 48.0 Å². The lowest BCUT2D eigenvalue weighted by Gasteiger charge is -2.07. The van der Waals surface area contributed by atoms with Crippen LogP contribution < -0.4 is 0 Å². The minimum absolute atomic E-state index is 0.811. The van der Waals surface area contributed by atoms with Gasteiger partial charge in [-0.1, -0.05) is 54.6 Å². The first kappa shape index (κ1) is 15.5. The lowest BCUT2D eigenvalue weighted by Crippen LogP contribution is -1.97. The first-order valence-electron chi connectivity index (χ1n) is 8.81. The van der Waals surface area contributed by atoms with Gasteiger partial charge in [0.1, 0.15) is 12.7 Å². The highest BCUT2D eigenvalue weighted by Crippen LogP contribution is 2.23. The smallest absolute Gasteiger partial charge is 0.141 e. The van der Waals surface area contributed by atoms with Gasteiger partial charge in [-0.3, -0.25) is 0 Å². The third-order valence-electron chi connectivity index (χ3n) is 4.72. The van der Waals surface area contributed by atoms with Gasteiger partial charge in [0.25, 0.3) is 0 Å². The van der Waals surface area contributed by atoms with E-state index in [-0.39, 0.29) is 0 Å². The van der Waals surface area contributed by atoms with Gasteiger partial charge in [-0.15, -0.1) is 10.2 Å². The van der Waals surface area contributed by atoms with E-state index < -0.39 is 0 Å². The Bertz CT molecular complexity index is 1250. The molecule has 0 bridgehead atoms. The van der Waals surface area contributed by atoms with E-state index >= 15 is 0 Å². The molecule has 0 unspecified atom stereocenters. The minimum Gasteiger partial charge on any atom is -0.342 e. The number of aromatic nitrogens is 4. The molecular weight excluding hydrogens is 334 g/mol. The summed E-state index contributed by atoms with van der Waals surface area (Å²) in [6, 6.07) is 23.5. The van der Waals surface area contributed by atoms with Crippen molar-refractivity contribution in [2.45, 2.75) is 6.54 Å². The maximum Gasteiger partial charge on any atom is 0.141 e. The third-order valence-corrected chi connectivity index (χ3v) is 4.72. The van der Waals surface area contributed by atoms with E-state index in [0.29, 0.717) is 0 Å². The Kier molecular flexibility index (Phi) is 3.76. The van der Waals surface area contributed by atoms with Gasteiger partial charge in [0.2, 0.25) is 0 Å². The van der Waals surface area contributed by atoms with Crippen LogP contribution in [-0.2, 0) is 6.54 Å². The lowest BCUT2D eigenvalue weighted by molar-refractivity contribution is 0.837. The molecule has 2 aromatic heterocycles. The summed E-state index contributed by atoms with van der Waals surface area (Å²) < 4.78 is 3.86. The fourth-order valence-corrected chi connectivity index (χ4v) is 3.43. The molecular formula is C22H17N5. The van der Waals surface area contributed by atoms with Crippen molar-refractivity contribution in [3.63, 3.8) is 0 Å². The molecule has 2 heterocycles. The Morgan fingerprint density at radius 2 is 1.63 bits per heavy atom. The highest BCUT2D eigenvalue weighted by molar-refractivity contribution is 5.99. The van der Waals surface area contributed by atoms with Crippen molar-refractivity contribution in [1.82, 2.24) is 19.4 Å². The second-order valence-electron chi connectivity index (χ2n) is 6.50. The van der Waals surface area contributed by atoms with Crippen LogP contribution in [-0.4, -0.2) is 25.7 Å². The monoisotopic (exact) mass is 351 g/mol. The minimum atomic E-state index is 0.811. The molecule has 0 aliphatic rings. The van der Waals surface area contributed by atoms with Crippen LogP contribution in [0.25, 0.3) is 21.7 Å². The quantitative estimate of drug-likeness (QED) is 0.453. The Morgan fingerprint density at radius 3 is 2.52 bits per heavy atom. The molecule has 0 aliphatic carbocycles. The Hall–Kier alpha value is -3.73. The predicted octanol–water partition coefficient (Wildman–Crippen LogP) is 4.32. The van der Waals surface area contributed by atoms with Crippen molar-refractivity contribution in [3.8, 4) is 0 Å². The summed E-state index contributed by atoms with van der Waals surface area (Å²) in [5.41, 5.74) is 3.53. The highest BCUT2D eigenvalue weighted by Gasteiger charge is 2.07. The first-order valence-corrected chi connectivity index (χ1v) is 8.81. The summed E-state index contributed by atoms with van der Waals surface area (Å²) in [4.78, 5) is 0. The normalized spacial score (nSPS) is 11.7. The molecule has 0 aliphatic heterocycles. The maximum absolute atomic E-state index is 4.40. The fraction of sp³-hybridized carbons (Fsp3) is 0.0455. The Labute approximate surface area is 156 Å². The standard InChI is InChI=1S/C22H17N5/c1-2-6-19-11-17(9-10-18(19)5-1)13-26-14-20(12-25-27-15-23-24-16-27)21-7-3-4-8-22(21)26/h1-12,14-16H,13H2/b25-12-. The molecule has 0 spiro atoms. The van der Waals surface area contributed by atoms with E-state index in [4.69, 9.17) is 0 Å². The molecule has 0 fully saturated rings. The van der Waals surface area contributed by atoms with Crippen molar-refractivity contribution < 1.29 is 0 Å². The summed E-state index contributed by atoms with van der Waals surface area (Å²) in [5.74, 6) is 0. The number of benzene rings is 3. The second kappa shape index (κ2) is 6.53. The number of hydrogen-bond donors (Lipinski definition) is 0. The van der Waals surface area contributed by atoms with Gasteiger partial charge < -0.3 is 4.57 Å². The van der Waals surface area contributed by atoms with E-state index in [2.05, 4.69) is 92.8 Å². The van der Waals surface area contributed by atoms with Gasteiger partial charge in [0.15, 0.2) is 0 Å². The van der Waals surface area contributed by atoms with Crippen LogP contribution in [0.15, 0.2) is 90.7 Å². The zero-order chi connectivity index (χ0) is 18.1. The van der Waals surface area contributed by atoms with Gasteiger partial charge >= 0.3 is 0 Å². The molecule has 0 N–H and O–H groups in total. The summed E-state index contributed by atoms with van der Waals surface area (Å²) in [6.07, 6.45) is 7.14. The zero-order valence-corrected chi connectivity index (χ0v) is 14.6. The van der Waals surface area contributed by atoms with Crippen LogP contribution in [0.2, 0.25) is 0 Å². The summed E-state index contributed by atoms with van der Waals surface area (Å²) in [7, 11) is 0. The summed E-state index contributed by atoms with van der Waals surface area (Å²) in [5, 5.41) is 15.7. The number of hydrogen-bond acceptors (Lipinski definition) is 3. The van der Waals surface area contributed by atoms with E-state index in [0.717, 1.165) is 12.1 Å². The molecule has 5 aromatic rings. The van der Waals surface area contributed by atoms with Crippen LogP contribution >= 0.6 is 0 Å². The van der Waals surface area contributed by atoms with Crippen LogP contribution in [0.3, 0.4) is 0 Å². The molecule has 0 atom stereocenters. The predicted molar refractivity (Wildman–Crippen MR) is 108 cm³/mol. The van der Waals surface area contributed by atoms with Crippen LogP contribution in [0, 0.1) is 0 Å². The van der Waals surface area contributed by atoms with Crippen molar-refractivity contribution >= 4 is 27.9 Å². The SMILES string of the molecule is C(=N/n1cnnc1)/c1cn(Cc2ccc3ccccc3c2)c2ccccc12. The van der Waals surface area contributed by atoms with E-state index in [1.165, 1.54) is 27.2 Å². The largest absolute Gasteiger partial charge is 0.342 e. The molecule has 0 saturated heterocycles. The van der Waals surface area contributed by atoms with Gasteiger partial charge in [-0.2, -0.15) is 5.10 Å². The van der Waals surface area contributed by atoms with Gasteiger partial charge in [0, 0.05) is 29.2 Å². The van der Waals surface area contributed by atoms with E-state index in [1.807, 2.05) is 6.21 Å². The van der Waals surface area contributed by atoms with Gasteiger partial charge in [-0.25, -0.2) is 4.68 Å². The molecule has 0 radical (unpaired) electrons. The average Bonchev–Trinajstić information content (AvgIpc) is 3.35. The lowest BCUT2D eigenvalue weighted by atomic mass is 10.1. The van der Waals surface area contributed by atoms with Gasteiger partial charge in [0.05, 0.1) is 6.21 Å². The van der Waals surface area contributed by atoms with Crippen LogP contribution in [0.1, 0.15) is 11.1 Å². The molecule has 5 heteroatoms. The summed E-state index contributed by atoms with van der Waals surface area (Å²) >= 11 is 0. The Balaban J connectivity index is 1.54. The maximum atomic E-state index is 4.40. The van der Waals surface area contributed by atoms with Crippen LogP contribution in [0.4, 0.5) is 0 Å². The third kappa shape index (κ3) is 3.00. The highest BCUT2D eigenvalue weighted by atomic mass is 15.4. The van der Waals surface area contributed by atoms with Gasteiger partial charge in [-0.05, 0) is 28.5 Å². The molecule has 0 saturated carbocycles. The van der Waals surface area contributed by atoms with Crippen molar-refractivity contribution in [2.24, 2.45) is 5.10 Å². The number of para-hydroxylation sites is 1. The zero-order valence-electron chi connectivity index (χ0n) is 14.6. The van der Waals surface area contributed by atoms with E-state index in [9.17, 15) is 0 Å². The van der Waals surface area contributed by atoms with Crippen molar-refractivity contribution in [3.05, 3.63) is 96.7 Å². The van der Waals surface area contributed by atoms with Crippen molar-refractivity contribution in [1.29, 1.82) is 0 Å². The molecule has 5 nitrogen and oxygen atoms in total. The number of nitrogens with zero attached hydrogens (tertiary/aromatic N) is 5. The number of rotatable bonds is 4. The summed E-state index contributed by atoms with van der Waals surface area (Å²) in [6.45, 7) is 0.811. The number of fused-ring (bicyclic) bond motifs is 2. The first-order chi connectivity index (χ1) is 13.4. The van der Waals surface area contributed by atoms with Crippen molar-refractivity contribution in [2.75, 3.05) is 0 Å². The Morgan fingerprint density at radius 1 is 0.852 bits per heavy atom. The molecule has 3 aromatic carbocycles. The van der Waals surface area contributed by atoms with Crippen LogP contribution in [0.5, 0.6) is 0 Å². The van der Waals surface area contributed by atoms with E-state index in [1.54, 1.807) is 17.3 Å². The average molecular weight is 351 g/mol. The molecule has 27 heavy (non-hydrogen) atoms. The fourth-order valence-electron chi connectivity index (χ4n) is 3.43. The molecule has 0 amide bonds.